The number of rotatable bonds is 3. The number of methoxy groups -OCH3 is 1. The molecule has 4 heteroatoms. The highest BCUT2D eigenvalue weighted by atomic mass is 79.9. The average molecular weight is 261 g/mol. The molecule has 0 heterocycles. The van der Waals surface area contributed by atoms with Crippen LogP contribution in [-0.2, 0) is 0 Å². The third kappa shape index (κ3) is 2.00. The van der Waals surface area contributed by atoms with Crippen molar-refractivity contribution in [3.8, 4) is 11.5 Å². The van der Waals surface area contributed by atoms with Crippen LogP contribution in [0.15, 0.2) is 16.6 Å². The number of benzene rings is 1. The van der Waals surface area contributed by atoms with Crippen LogP contribution >= 0.6 is 15.9 Å². The molecule has 2 rings (SSSR count). The Labute approximate surface area is 90.1 Å². The van der Waals surface area contributed by atoms with E-state index in [4.69, 9.17) is 9.47 Å². The molecular weight excluding hydrogens is 251 g/mol. The van der Waals surface area contributed by atoms with Gasteiger partial charge in [0.05, 0.1) is 17.7 Å². The van der Waals surface area contributed by atoms with Crippen molar-refractivity contribution in [1.82, 2.24) is 0 Å². The fourth-order valence-corrected chi connectivity index (χ4v) is 1.56. The zero-order valence-electron chi connectivity index (χ0n) is 7.72. The Balaban J connectivity index is 2.27. The summed E-state index contributed by atoms with van der Waals surface area (Å²) >= 11 is 3.11. The summed E-state index contributed by atoms with van der Waals surface area (Å²) in [4.78, 5) is 0. The molecule has 0 saturated heterocycles. The average Bonchev–Trinajstić information content (AvgIpc) is 2.95. The molecule has 1 aliphatic carbocycles. The van der Waals surface area contributed by atoms with Crippen LogP contribution in [0, 0.1) is 5.82 Å². The normalized spacial score (nSPS) is 15.4. The van der Waals surface area contributed by atoms with E-state index in [1.807, 2.05) is 0 Å². The lowest BCUT2D eigenvalue weighted by Gasteiger charge is -2.08. The van der Waals surface area contributed by atoms with E-state index in [9.17, 15) is 4.39 Å². The zero-order chi connectivity index (χ0) is 10.1. The molecule has 1 saturated carbocycles. The maximum absolute atomic E-state index is 13.3. The summed E-state index contributed by atoms with van der Waals surface area (Å²) in [5, 5.41) is 0. The first-order valence-electron chi connectivity index (χ1n) is 4.40. The van der Waals surface area contributed by atoms with E-state index < -0.39 is 5.82 Å². The van der Waals surface area contributed by atoms with Gasteiger partial charge in [-0.2, -0.15) is 0 Å². The van der Waals surface area contributed by atoms with E-state index in [2.05, 4.69) is 15.9 Å². The Morgan fingerprint density at radius 3 is 2.71 bits per heavy atom. The van der Waals surface area contributed by atoms with Crippen LogP contribution in [0.1, 0.15) is 12.8 Å². The topological polar surface area (TPSA) is 18.5 Å². The van der Waals surface area contributed by atoms with E-state index in [1.54, 1.807) is 12.1 Å². The maximum atomic E-state index is 13.3. The lowest BCUT2D eigenvalue weighted by atomic mass is 10.3. The Morgan fingerprint density at radius 1 is 1.43 bits per heavy atom. The second kappa shape index (κ2) is 3.77. The molecule has 1 aliphatic rings. The van der Waals surface area contributed by atoms with E-state index in [0.29, 0.717) is 16.3 Å². The van der Waals surface area contributed by atoms with Gasteiger partial charge in [-0.15, -0.1) is 0 Å². The van der Waals surface area contributed by atoms with Gasteiger partial charge in [-0.3, -0.25) is 0 Å². The molecular formula is C10H10BrFO2. The van der Waals surface area contributed by atoms with Gasteiger partial charge in [0.25, 0.3) is 0 Å². The Kier molecular flexibility index (Phi) is 2.63. The molecule has 14 heavy (non-hydrogen) atoms. The lowest BCUT2D eigenvalue weighted by Crippen LogP contribution is -1.97. The first-order valence-corrected chi connectivity index (χ1v) is 5.19. The summed E-state index contributed by atoms with van der Waals surface area (Å²) in [6.45, 7) is 0. The van der Waals surface area contributed by atoms with E-state index in [-0.39, 0.29) is 5.75 Å². The lowest BCUT2D eigenvalue weighted by molar-refractivity contribution is 0.298. The first kappa shape index (κ1) is 9.77. The van der Waals surface area contributed by atoms with Crippen molar-refractivity contribution in [1.29, 1.82) is 0 Å². The molecule has 0 unspecified atom stereocenters. The largest absolute Gasteiger partial charge is 0.493 e. The number of ether oxygens (including phenoxy) is 2. The molecule has 0 spiro atoms. The van der Waals surface area contributed by atoms with E-state index in [1.165, 1.54) is 7.11 Å². The van der Waals surface area contributed by atoms with Crippen molar-refractivity contribution < 1.29 is 13.9 Å². The van der Waals surface area contributed by atoms with Crippen LogP contribution in [0.2, 0.25) is 0 Å². The van der Waals surface area contributed by atoms with Gasteiger partial charge in [0.1, 0.15) is 5.75 Å². The van der Waals surface area contributed by atoms with Crippen LogP contribution in [0.25, 0.3) is 0 Å². The molecule has 1 aromatic carbocycles. The van der Waals surface area contributed by atoms with Crippen molar-refractivity contribution in [2.75, 3.05) is 7.11 Å². The molecule has 76 valence electrons. The monoisotopic (exact) mass is 260 g/mol. The molecule has 1 aromatic rings. The molecule has 0 radical (unpaired) electrons. The predicted octanol–water partition coefficient (Wildman–Crippen LogP) is 3.14. The van der Waals surface area contributed by atoms with Gasteiger partial charge < -0.3 is 9.47 Å². The van der Waals surface area contributed by atoms with Crippen LogP contribution in [0.4, 0.5) is 4.39 Å². The highest BCUT2D eigenvalue weighted by Crippen LogP contribution is 2.34. The molecule has 0 N–H and O–H groups in total. The van der Waals surface area contributed by atoms with Gasteiger partial charge in [0, 0.05) is 6.07 Å². The first-order chi connectivity index (χ1) is 6.70. The SMILES string of the molecule is COc1cc(OC2CC2)cc(Br)c1F. The van der Waals surface area contributed by atoms with Gasteiger partial charge in [0.2, 0.25) is 0 Å². The highest BCUT2D eigenvalue weighted by Gasteiger charge is 2.24. The van der Waals surface area contributed by atoms with Gasteiger partial charge in [0.15, 0.2) is 11.6 Å². The summed E-state index contributed by atoms with van der Waals surface area (Å²) in [6, 6.07) is 3.19. The maximum Gasteiger partial charge on any atom is 0.179 e. The zero-order valence-corrected chi connectivity index (χ0v) is 9.30. The smallest absolute Gasteiger partial charge is 0.179 e. The fraction of sp³-hybridized carbons (Fsp3) is 0.400. The Hall–Kier alpha value is -0.770. The van der Waals surface area contributed by atoms with Crippen LogP contribution in [0.3, 0.4) is 0 Å². The number of hydrogen-bond donors (Lipinski definition) is 0. The Bertz CT molecular complexity index is 350. The second-order valence-corrected chi connectivity index (χ2v) is 4.09. The number of halogens is 2. The van der Waals surface area contributed by atoms with Gasteiger partial charge in [-0.05, 0) is 34.8 Å². The van der Waals surface area contributed by atoms with Crippen LogP contribution in [0.5, 0.6) is 11.5 Å². The van der Waals surface area contributed by atoms with Crippen molar-refractivity contribution in [3.63, 3.8) is 0 Å². The third-order valence-electron chi connectivity index (χ3n) is 2.02. The minimum atomic E-state index is -0.393. The predicted molar refractivity (Wildman–Crippen MR) is 54.3 cm³/mol. The fourth-order valence-electron chi connectivity index (χ4n) is 1.14. The highest BCUT2D eigenvalue weighted by molar-refractivity contribution is 9.10. The van der Waals surface area contributed by atoms with Crippen molar-refractivity contribution in [2.45, 2.75) is 18.9 Å². The molecule has 0 aromatic heterocycles. The molecule has 1 fully saturated rings. The summed E-state index contributed by atoms with van der Waals surface area (Å²) in [6.07, 6.45) is 2.46. The van der Waals surface area contributed by atoms with Crippen molar-refractivity contribution >= 4 is 15.9 Å². The molecule has 2 nitrogen and oxygen atoms in total. The molecule has 0 atom stereocenters. The molecule has 0 amide bonds. The van der Waals surface area contributed by atoms with Crippen LogP contribution < -0.4 is 9.47 Å². The summed E-state index contributed by atoms with van der Waals surface area (Å²) in [5.74, 6) is 0.461. The van der Waals surface area contributed by atoms with Crippen LogP contribution in [-0.4, -0.2) is 13.2 Å². The van der Waals surface area contributed by atoms with E-state index in [0.717, 1.165) is 12.8 Å². The molecule has 0 bridgehead atoms. The summed E-state index contributed by atoms with van der Waals surface area (Å²) in [5.41, 5.74) is 0. The standard InChI is InChI=1S/C10H10BrFO2/c1-13-9-5-7(14-6-2-3-6)4-8(11)10(9)12/h4-6H,2-3H2,1H3. The Morgan fingerprint density at radius 2 is 2.14 bits per heavy atom. The van der Waals surface area contributed by atoms with Crippen molar-refractivity contribution in [2.24, 2.45) is 0 Å². The minimum absolute atomic E-state index is 0.204. The van der Waals surface area contributed by atoms with Crippen molar-refractivity contribution in [3.05, 3.63) is 22.4 Å². The number of hydrogen-bond acceptors (Lipinski definition) is 2. The van der Waals surface area contributed by atoms with Gasteiger partial charge in [-0.25, -0.2) is 4.39 Å². The summed E-state index contributed by atoms with van der Waals surface area (Å²) in [7, 11) is 1.44. The van der Waals surface area contributed by atoms with E-state index >= 15 is 0 Å². The third-order valence-corrected chi connectivity index (χ3v) is 2.59. The molecule has 0 aliphatic heterocycles. The van der Waals surface area contributed by atoms with Gasteiger partial charge >= 0.3 is 0 Å². The minimum Gasteiger partial charge on any atom is -0.493 e. The second-order valence-electron chi connectivity index (χ2n) is 3.24. The van der Waals surface area contributed by atoms with Gasteiger partial charge in [-0.1, -0.05) is 0 Å². The summed E-state index contributed by atoms with van der Waals surface area (Å²) < 4.78 is 24.1. The quantitative estimate of drug-likeness (QED) is 0.832.